The molecule has 26 heavy (non-hydrogen) atoms. The lowest BCUT2D eigenvalue weighted by atomic mass is 9.96. The monoisotopic (exact) mass is 351 g/mol. The normalized spacial score (nSPS) is 18.2. The molecule has 0 bridgehead atoms. The van der Waals surface area contributed by atoms with E-state index >= 15 is 0 Å². The van der Waals surface area contributed by atoms with Crippen LogP contribution in [0.1, 0.15) is 18.4 Å². The average molecular weight is 351 g/mol. The van der Waals surface area contributed by atoms with Crippen LogP contribution in [0.3, 0.4) is 0 Å². The van der Waals surface area contributed by atoms with Crippen LogP contribution in [0.15, 0.2) is 48.7 Å². The summed E-state index contributed by atoms with van der Waals surface area (Å²) in [6, 6.07) is 12.6. The van der Waals surface area contributed by atoms with Gasteiger partial charge in [-0.15, -0.1) is 0 Å². The van der Waals surface area contributed by atoms with Gasteiger partial charge in [0.15, 0.2) is 0 Å². The topological polar surface area (TPSA) is 77.9 Å². The molecular formula is C20H17NO5. The van der Waals surface area contributed by atoms with Gasteiger partial charge in [-0.3, -0.25) is 9.78 Å². The third-order valence-corrected chi connectivity index (χ3v) is 4.51. The van der Waals surface area contributed by atoms with Crippen molar-refractivity contribution in [2.75, 3.05) is 7.11 Å². The van der Waals surface area contributed by atoms with Gasteiger partial charge in [0.1, 0.15) is 35.0 Å². The van der Waals surface area contributed by atoms with Gasteiger partial charge in [0.2, 0.25) is 0 Å². The Morgan fingerprint density at radius 1 is 1.15 bits per heavy atom. The van der Waals surface area contributed by atoms with Crippen molar-refractivity contribution in [3.63, 3.8) is 0 Å². The molecule has 1 aliphatic rings. The molecule has 0 saturated carbocycles. The number of pyridine rings is 1. The van der Waals surface area contributed by atoms with Crippen molar-refractivity contribution in [2.45, 2.75) is 18.9 Å². The second-order valence-corrected chi connectivity index (χ2v) is 6.13. The predicted molar refractivity (Wildman–Crippen MR) is 95.3 cm³/mol. The summed E-state index contributed by atoms with van der Waals surface area (Å²) in [7, 11) is 1.61. The van der Waals surface area contributed by atoms with E-state index < -0.39 is 18.0 Å². The maximum atomic E-state index is 11.4. The van der Waals surface area contributed by atoms with Crippen LogP contribution in [-0.2, 0) is 4.79 Å². The number of benzene rings is 2. The number of carbonyl (C=O) groups is 1. The van der Waals surface area contributed by atoms with Crippen molar-refractivity contribution in [3.8, 4) is 23.0 Å². The van der Waals surface area contributed by atoms with Crippen LogP contribution in [0, 0.1) is 0 Å². The maximum Gasteiger partial charge on any atom is 0.314 e. The van der Waals surface area contributed by atoms with E-state index in [9.17, 15) is 9.90 Å². The molecule has 6 nitrogen and oxygen atoms in total. The first kappa shape index (κ1) is 16.2. The standard InChI is InChI=1S/C20H17NO5/c1-11-19(20(22)23)15-6-4-13(10-18(15)25-11)26-17-7-8-21-16-9-12(24-2)3-5-14(16)17/h3-11,19H,1-2H3,(H,22,23). The molecule has 3 aromatic rings. The zero-order valence-electron chi connectivity index (χ0n) is 14.3. The van der Waals surface area contributed by atoms with Gasteiger partial charge in [0.05, 0.1) is 12.6 Å². The SMILES string of the molecule is COc1ccc2c(Oc3ccc4c(c3)OC(C)C4C(=O)O)ccnc2c1. The Balaban J connectivity index is 1.68. The van der Waals surface area contributed by atoms with Crippen molar-refractivity contribution >= 4 is 16.9 Å². The molecule has 2 atom stereocenters. The first-order valence-corrected chi connectivity index (χ1v) is 8.21. The van der Waals surface area contributed by atoms with Crippen molar-refractivity contribution in [1.29, 1.82) is 0 Å². The molecule has 6 heteroatoms. The lowest BCUT2D eigenvalue weighted by molar-refractivity contribution is -0.140. The number of rotatable bonds is 4. The molecule has 1 aliphatic heterocycles. The third-order valence-electron chi connectivity index (χ3n) is 4.51. The second kappa shape index (κ2) is 6.22. The Morgan fingerprint density at radius 3 is 2.73 bits per heavy atom. The van der Waals surface area contributed by atoms with Gasteiger partial charge in [-0.25, -0.2) is 0 Å². The number of methoxy groups -OCH3 is 1. The molecule has 132 valence electrons. The van der Waals surface area contributed by atoms with Crippen LogP contribution < -0.4 is 14.2 Å². The second-order valence-electron chi connectivity index (χ2n) is 6.13. The fourth-order valence-electron chi connectivity index (χ4n) is 3.24. The van der Waals surface area contributed by atoms with Crippen LogP contribution in [0.2, 0.25) is 0 Å². The fourth-order valence-corrected chi connectivity index (χ4v) is 3.24. The van der Waals surface area contributed by atoms with Gasteiger partial charge in [-0.1, -0.05) is 6.07 Å². The van der Waals surface area contributed by atoms with E-state index in [1.165, 1.54) is 0 Å². The summed E-state index contributed by atoms with van der Waals surface area (Å²) < 4.78 is 16.9. The van der Waals surface area contributed by atoms with Gasteiger partial charge in [0, 0.05) is 29.3 Å². The highest BCUT2D eigenvalue weighted by Gasteiger charge is 2.37. The summed E-state index contributed by atoms with van der Waals surface area (Å²) in [5, 5.41) is 10.2. The first-order chi connectivity index (χ1) is 12.6. The van der Waals surface area contributed by atoms with Crippen LogP contribution in [0.5, 0.6) is 23.0 Å². The van der Waals surface area contributed by atoms with Gasteiger partial charge < -0.3 is 19.3 Å². The molecule has 0 saturated heterocycles. The number of ether oxygens (including phenoxy) is 3. The number of carboxylic acids is 1. The van der Waals surface area contributed by atoms with Crippen molar-refractivity contribution in [2.24, 2.45) is 0 Å². The smallest absolute Gasteiger partial charge is 0.314 e. The van der Waals surface area contributed by atoms with Crippen molar-refractivity contribution in [3.05, 3.63) is 54.2 Å². The number of hydrogen-bond acceptors (Lipinski definition) is 5. The summed E-state index contributed by atoms with van der Waals surface area (Å²) in [6.45, 7) is 1.75. The number of nitrogens with zero attached hydrogens (tertiary/aromatic N) is 1. The van der Waals surface area contributed by atoms with E-state index in [1.54, 1.807) is 44.5 Å². The summed E-state index contributed by atoms with van der Waals surface area (Å²) >= 11 is 0. The zero-order chi connectivity index (χ0) is 18.3. The molecule has 2 heterocycles. The van der Waals surface area contributed by atoms with E-state index in [-0.39, 0.29) is 0 Å². The molecule has 1 N–H and O–H groups in total. The Morgan fingerprint density at radius 2 is 1.96 bits per heavy atom. The summed E-state index contributed by atoms with van der Waals surface area (Å²) in [5.74, 6) is 0.945. The number of aliphatic carboxylic acids is 1. The van der Waals surface area contributed by atoms with E-state index in [0.717, 1.165) is 16.7 Å². The van der Waals surface area contributed by atoms with E-state index in [2.05, 4.69) is 4.98 Å². The van der Waals surface area contributed by atoms with Crippen LogP contribution >= 0.6 is 0 Å². The lowest BCUT2D eigenvalue weighted by Crippen LogP contribution is -2.21. The van der Waals surface area contributed by atoms with Crippen LogP contribution in [0.25, 0.3) is 10.9 Å². The molecule has 0 aliphatic carbocycles. The number of hydrogen-bond donors (Lipinski definition) is 1. The Kier molecular flexibility index (Phi) is 3.88. The third kappa shape index (κ3) is 2.69. The average Bonchev–Trinajstić information content (AvgIpc) is 2.96. The lowest BCUT2D eigenvalue weighted by Gasteiger charge is -2.10. The zero-order valence-corrected chi connectivity index (χ0v) is 14.3. The largest absolute Gasteiger partial charge is 0.497 e. The van der Waals surface area contributed by atoms with E-state index in [0.29, 0.717) is 22.8 Å². The Hall–Kier alpha value is -3.28. The number of carboxylic acid groups (broad SMARTS) is 1. The predicted octanol–water partition coefficient (Wildman–Crippen LogP) is 3.98. The highest BCUT2D eigenvalue weighted by molar-refractivity contribution is 5.86. The highest BCUT2D eigenvalue weighted by Crippen LogP contribution is 2.41. The van der Waals surface area contributed by atoms with E-state index in [1.807, 2.05) is 18.2 Å². The van der Waals surface area contributed by atoms with Gasteiger partial charge in [-0.05, 0) is 31.2 Å². The maximum absolute atomic E-state index is 11.4. The summed E-state index contributed by atoms with van der Waals surface area (Å²) in [5.41, 5.74) is 1.43. The molecule has 2 aromatic carbocycles. The van der Waals surface area contributed by atoms with Gasteiger partial charge in [0.25, 0.3) is 0 Å². The minimum Gasteiger partial charge on any atom is -0.497 e. The Bertz CT molecular complexity index is 1000. The van der Waals surface area contributed by atoms with Crippen LogP contribution in [0.4, 0.5) is 0 Å². The van der Waals surface area contributed by atoms with Crippen molar-refractivity contribution < 1.29 is 24.1 Å². The van der Waals surface area contributed by atoms with Gasteiger partial charge >= 0.3 is 5.97 Å². The first-order valence-electron chi connectivity index (χ1n) is 8.21. The quantitative estimate of drug-likeness (QED) is 0.766. The molecular weight excluding hydrogens is 334 g/mol. The molecule has 0 amide bonds. The molecule has 2 unspecified atom stereocenters. The number of fused-ring (bicyclic) bond motifs is 2. The van der Waals surface area contributed by atoms with Gasteiger partial charge in [-0.2, -0.15) is 0 Å². The number of aromatic nitrogens is 1. The molecule has 4 rings (SSSR count). The molecule has 1 aromatic heterocycles. The van der Waals surface area contributed by atoms with Crippen LogP contribution in [-0.4, -0.2) is 29.3 Å². The summed E-state index contributed by atoms with van der Waals surface area (Å²) in [6.07, 6.45) is 1.26. The van der Waals surface area contributed by atoms with E-state index in [4.69, 9.17) is 14.2 Å². The Labute approximate surface area is 150 Å². The molecule has 0 fully saturated rings. The molecule has 0 spiro atoms. The molecule has 0 radical (unpaired) electrons. The minimum absolute atomic E-state index is 0.410. The van der Waals surface area contributed by atoms with Crippen molar-refractivity contribution in [1.82, 2.24) is 4.98 Å². The fraction of sp³-hybridized carbons (Fsp3) is 0.200. The minimum atomic E-state index is -0.890. The summed E-state index contributed by atoms with van der Waals surface area (Å²) in [4.78, 5) is 15.8. The highest BCUT2D eigenvalue weighted by atomic mass is 16.5.